The van der Waals surface area contributed by atoms with Gasteiger partial charge in [0.2, 0.25) is 5.95 Å². The lowest BCUT2D eigenvalue weighted by Crippen LogP contribution is -2.40. The van der Waals surface area contributed by atoms with Crippen LogP contribution in [0.15, 0.2) is 24.3 Å². The third kappa shape index (κ3) is 4.32. The van der Waals surface area contributed by atoms with Crippen molar-refractivity contribution >= 4 is 17.7 Å². The van der Waals surface area contributed by atoms with E-state index in [0.717, 1.165) is 72.7 Å². The quantitative estimate of drug-likeness (QED) is 0.726. The molecule has 2 saturated heterocycles. The zero-order valence-electron chi connectivity index (χ0n) is 19.5. The molecule has 0 atom stereocenters. The highest BCUT2D eigenvalue weighted by Gasteiger charge is 2.30. The highest BCUT2D eigenvalue weighted by Crippen LogP contribution is 2.32. The minimum Gasteiger partial charge on any atom is -0.356 e. The van der Waals surface area contributed by atoms with E-state index in [-0.39, 0.29) is 5.91 Å². The Morgan fingerprint density at radius 1 is 0.969 bits per heavy atom. The van der Waals surface area contributed by atoms with E-state index in [1.54, 1.807) is 0 Å². The minimum absolute atomic E-state index is 0.109. The van der Waals surface area contributed by atoms with Crippen molar-refractivity contribution in [1.29, 1.82) is 0 Å². The first kappa shape index (κ1) is 21.2. The molecule has 3 aliphatic heterocycles. The van der Waals surface area contributed by atoms with Crippen LogP contribution in [0.3, 0.4) is 0 Å². The first-order valence-corrected chi connectivity index (χ1v) is 12.3. The summed E-state index contributed by atoms with van der Waals surface area (Å²) in [6, 6.07) is 7.91. The normalized spacial score (nSPS) is 19.8. The van der Waals surface area contributed by atoms with Crippen molar-refractivity contribution in [3.8, 4) is 0 Å². The van der Waals surface area contributed by atoms with E-state index < -0.39 is 0 Å². The number of carbonyl (C=O) groups excluding carboxylic acids is 1. The topological polar surface area (TPSA) is 52.6 Å². The number of aromatic nitrogens is 2. The van der Waals surface area contributed by atoms with E-state index >= 15 is 0 Å². The van der Waals surface area contributed by atoms with Gasteiger partial charge in [0.05, 0.1) is 12.2 Å². The number of nitrogens with zero attached hydrogens (tertiary/aromatic N) is 5. The summed E-state index contributed by atoms with van der Waals surface area (Å²) in [5, 5.41) is 0. The lowest BCUT2D eigenvalue weighted by Gasteiger charge is -2.36. The first-order valence-electron chi connectivity index (χ1n) is 12.3. The van der Waals surface area contributed by atoms with E-state index in [2.05, 4.69) is 16.7 Å². The van der Waals surface area contributed by atoms with Crippen molar-refractivity contribution < 1.29 is 4.79 Å². The molecule has 6 nitrogen and oxygen atoms in total. The minimum atomic E-state index is 0.109. The molecule has 0 N–H and O–H groups in total. The molecule has 5 rings (SSSR count). The molecular weight excluding hydrogens is 398 g/mol. The van der Waals surface area contributed by atoms with Crippen molar-refractivity contribution in [2.75, 3.05) is 42.5 Å². The third-order valence-electron chi connectivity index (χ3n) is 7.30. The maximum atomic E-state index is 13.3. The number of anilines is 2. The van der Waals surface area contributed by atoms with Crippen LogP contribution in [0.1, 0.15) is 66.2 Å². The van der Waals surface area contributed by atoms with Gasteiger partial charge in [0.1, 0.15) is 5.82 Å². The van der Waals surface area contributed by atoms with Crippen molar-refractivity contribution in [3.63, 3.8) is 0 Å². The van der Waals surface area contributed by atoms with Gasteiger partial charge in [-0.2, -0.15) is 4.98 Å². The summed E-state index contributed by atoms with van der Waals surface area (Å²) in [5.74, 6) is 2.87. The fourth-order valence-electron chi connectivity index (χ4n) is 5.24. The fraction of sp³-hybridized carbons (Fsp3) is 0.577. The number of fused-ring (bicyclic) bond motifs is 1. The average molecular weight is 434 g/mol. The van der Waals surface area contributed by atoms with Crippen molar-refractivity contribution in [1.82, 2.24) is 14.9 Å². The lowest BCUT2D eigenvalue weighted by molar-refractivity contribution is 0.0733. The van der Waals surface area contributed by atoms with Crippen LogP contribution < -0.4 is 9.80 Å². The Morgan fingerprint density at radius 2 is 1.75 bits per heavy atom. The number of hydrogen-bond acceptors (Lipinski definition) is 5. The van der Waals surface area contributed by atoms with E-state index in [1.165, 1.54) is 32.1 Å². The van der Waals surface area contributed by atoms with Crippen LogP contribution in [0.2, 0.25) is 0 Å². The lowest BCUT2D eigenvalue weighted by atomic mass is 9.99. The van der Waals surface area contributed by atoms with E-state index in [9.17, 15) is 4.79 Å². The van der Waals surface area contributed by atoms with Gasteiger partial charge in [-0.05, 0) is 57.1 Å². The Bertz CT molecular complexity index is 976. The molecule has 2 aromatic rings. The SMILES string of the molecule is Cc1cccc(C(=O)N2CCc3nc(N4CCC(C)CC4)nc(N4CCCCC4)c3C2)c1. The predicted molar refractivity (Wildman–Crippen MR) is 128 cm³/mol. The van der Waals surface area contributed by atoms with Crippen molar-refractivity contribution in [2.45, 2.75) is 58.9 Å². The molecule has 0 radical (unpaired) electrons. The molecule has 0 aliphatic carbocycles. The molecule has 0 unspecified atom stereocenters. The van der Waals surface area contributed by atoms with Gasteiger partial charge < -0.3 is 14.7 Å². The van der Waals surface area contributed by atoms with E-state index in [1.807, 2.05) is 36.1 Å². The van der Waals surface area contributed by atoms with Gasteiger partial charge >= 0.3 is 0 Å². The Labute approximate surface area is 191 Å². The maximum absolute atomic E-state index is 13.3. The van der Waals surface area contributed by atoms with Crippen LogP contribution in [0.4, 0.5) is 11.8 Å². The van der Waals surface area contributed by atoms with E-state index in [4.69, 9.17) is 9.97 Å². The van der Waals surface area contributed by atoms with Crippen LogP contribution in [0.25, 0.3) is 0 Å². The first-order chi connectivity index (χ1) is 15.6. The van der Waals surface area contributed by atoms with Gasteiger partial charge in [-0.1, -0.05) is 24.6 Å². The largest absolute Gasteiger partial charge is 0.356 e. The van der Waals surface area contributed by atoms with Crippen LogP contribution >= 0.6 is 0 Å². The molecular formula is C26H35N5O. The highest BCUT2D eigenvalue weighted by molar-refractivity contribution is 5.94. The number of benzene rings is 1. The molecule has 0 bridgehead atoms. The van der Waals surface area contributed by atoms with Crippen LogP contribution in [0, 0.1) is 12.8 Å². The molecule has 3 aliphatic rings. The van der Waals surface area contributed by atoms with Crippen molar-refractivity contribution in [3.05, 3.63) is 46.6 Å². The molecule has 4 heterocycles. The molecule has 170 valence electrons. The molecule has 1 amide bonds. The van der Waals surface area contributed by atoms with Crippen LogP contribution in [-0.2, 0) is 13.0 Å². The monoisotopic (exact) mass is 433 g/mol. The second-order valence-corrected chi connectivity index (χ2v) is 9.84. The van der Waals surface area contributed by atoms with Gasteiger partial charge in [-0.3, -0.25) is 4.79 Å². The second kappa shape index (κ2) is 9.08. The summed E-state index contributed by atoms with van der Waals surface area (Å²) in [6.45, 7) is 9.86. The standard InChI is InChI=1S/C26H35N5O/c1-19-9-14-30(15-10-19)26-27-23-11-16-31(25(32)21-8-6-7-20(2)17-21)18-22(23)24(28-26)29-12-4-3-5-13-29/h6-8,17,19H,3-5,9-16,18H2,1-2H3. The summed E-state index contributed by atoms with van der Waals surface area (Å²) in [4.78, 5) is 30.2. The van der Waals surface area contributed by atoms with E-state index in [0.29, 0.717) is 13.1 Å². The summed E-state index contributed by atoms with van der Waals surface area (Å²) in [7, 11) is 0. The smallest absolute Gasteiger partial charge is 0.254 e. The zero-order valence-corrected chi connectivity index (χ0v) is 19.5. The average Bonchev–Trinajstić information content (AvgIpc) is 2.83. The molecule has 6 heteroatoms. The molecule has 1 aromatic carbocycles. The highest BCUT2D eigenvalue weighted by atomic mass is 16.2. The molecule has 1 aromatic heterocycles. The van der Waals surface area contributed by atoms with Crippen molar-refractivity contribution in [2.24, 2.45) is 5.92 Å². The van der Waals surface area contributed by atoms with Crippen LogP contribution in [0.5, 0.6) is 0 Å². The number of carbonyl (C=O) groups is 1. The predicted octanol–water partition coefficient (Wildman–Crippen LogP) is 4.21. The third-order valence-corrected chi connectivity index (χ3v) is 7.30. The molecule has 2 fully saturated rings. The molecule has 32 heavy (non-hydrogen) atoms. The van der Waals surface area contributed by atoms with Gasteiger partial charge in [-0.25, -0.2) is 4.98 Å². The maximum Gasteiger partial charge on any atom is 0.254 e. The Hall–Kier alpha value is -2.63. The van der Waals surface area contributed by atoms with Crippen LogP contribution in [-0.4, -0.2) is 53.5 Å². The summed E-state index contributed by atoms with van der Waals surface area (Å²) < 4.78 is 0. The summed E-state index contributed by atoms with van der Waals surface area (Å²) in [5.41, 5.74) is 4.19. The van der Waals surface area contributed by atoms with Gasteiger partial charge in [-0.15, -0.1) is 0 Å². The summed E-state index contributed by atoms with van der Waals surface area (Å²) >= 11 is 0. The number of amides is 1. The molecule has 0 spiro atoms. The number of piperidine rings is 2. The van der Waals surface area contributed by atoms with Gasteiger partial charge in [0.15, 0.2) is 0 Å². The van der Waals surface area contributed by atoms with Gasteiger partial charge in [0, 0.05) is 50.3 Å². The number of hydrogen-bond donors (Lipinski definition) is 0. The Balaban J connectivity index is 1.46. The zero-order chi connectivity index (χ0) is 22.1. The summed E-state index contributed by atoms with van der Waals surface area (Å²) in [6.07, 6.45) is 6.92. The Kier molecular flexibility index (Phi) is 6.03. The Morgan fingerprint density at radius 3 is 2.50 bits per heavy atom. The fourth-order valence-corrected chi connectivity index (χ4v) is 5.24. The molecule has 0 saturated carbocycles. The number of rotatable bonds is 3. The van der Waals surface area contributed by atoms with Gasteiger partial charge in [0.25, 0.3) is 5.91 Å². The second-order valence-electron chi connectivity index (χ2n) is 9.84. The number of aryl methyl sites for hydroxylation is 1.